The number of benzene rings is 1. The predicted molar refractivity (Wildman–Crippen MR) is 81.7 cm³/mol. The van der Waals surface area contributed by atoms with Gasteiger partial charge in [0.2, 0.25) is 0 Å². The fraction of sp³-hybridized carbons (Fsp3) is 0.400. The monoisotopic (exact) mass is 339 g/mol. The Labute approximate surface area is 136 Å². The number of carbonyl (C=O) groups is 1. The summed E-state index contributed by atoms with van der Waals surface area (Å²) in [4.78, 5) is 17.5. The second-order valence-electron chi connectivity index (χ2n) is 5.64. The van der Waals surface area contributed by atoms with Crippen LogP contribution in [0, 0.1) is 13.8 Å². The van der Waals surface area contributed by atoms with Crippen molar-refractivity contribution in [1.82, 2.24) is 20.1 Å². The highest BCUT2D eigenvalue weighted by molar-refractivity contribution is 5.95. The Morgan fingerprint density at radius 3 is 2.67 bits per heavy atom. The van der Waals surface area contributed by atoms with Crippen molar-refractivity contribution >= 4 is 11.7 Å². The van der Waals surface area contributed by atoms with Crippen LogP contribution < -0.4 is 10.2 Å². The van der Waals surface area contributed by atoms with Gasteiger partial charge in [0.25, 0.3) is 0 Å². The lowest BCUT2D eigenvalue weighted by Crippen LogP contribution is -2.28. The third kappa shape index (κ3) is 3.19. The first-order valence-electron chi connectivity index (χ1n) is 7.39. The third-order valence-corrected chi connectivity index (χ3v) is 3.72. The Hall–Kier alpha value is -2.58. The summed E-state index contributed by atoms with van der Waals surface area (Å²) in [5, 5.41) is 6.54. The van der Waals surface area contributed by atoms with Gasteiger partial charge in [-0.3, -0.25) is 4.90 Å². The summed E-state index contributed by atoms with van der Waals surface area (Å²) in [6.07, 6.45) is -4.39. The number of anilines is 1. The molecule has 3 rings (SSSR count). The number of aromatic nitrogens is 3. The molecule has 0 atom stereocenters. The van der Waals surface area contributed by atoms with Crippen LogP contribution in [0.15, 0.2) is 18.2 Å². The molecule has 1 saturated heterocycles. The maximum absolute atomic E-state index is 12.7. The van der Waals surface area contributed by atoms with Gasteiger partial charge in [0.1, 0.15) is 12.4 Å². The Kier molecular flexibility index (Phi) is 3.94. The highest BCUT2D eigenvalue weighted by Crippen LogP contribution is 2.29. The van der Waals surface area contributed by atoms with Crippen LogP contribution in [0.1, 0.15) is 11.4 Å². The van der Waals surface area contributed by atoms with E-state index in [1.165, 1.54) is 0 Å². The van der Waals surface area contributed by atoms with E-state index in [4.69, 9.17) is 0 Å². The van der Waals surface area contributed by atoms with Gasteiger partial charge in [-0.1, -0.05) is 12.1 Å². The first-order chi connectivity index (χ1) is 11.2. The molecule has 6 nitrogen and oxygen atoms in total. The average Bonchev–Trinajstić information content (AvgIpc) is 3.04. The van der Waals surface area contributed by atoms with Gasteiger partial charge in [-0.2, -0.15) is 18.3 Å². The minimum atomic E-state index is -4.39. The molecule has 2 aromatic rings. The molecule has 9 heteroatoms. The van der Waals surface area contributed by atoms with Crippen LogP contribution in [0.5, 0.6) is 0 Å². The van der Waals surface area contributed by atoms with Gasteiger partial charge in [0.05, 0.1) is 0 Å². The summed E-state index contributed by atoms with van der Waals surface area (Å²) in [5.41, 5.74) is 2.00. The lowest BCUT2D eigenvalue weighted by molar-refractivity contribution is -0.142. The number of nitrogens with zero attached hydrogens (tertiary/aromatic N) is 4. The topological polar surface area (TPSA) is 63.1 Å². The first kappa shape index (κ1) is 16.3. The van der Waals surface area contributed by atoms with Gasteiger partial charge in [-0.15, -0.1) is 0 Å². The largest absolute Gasteiger partial charge is 0.408 e. The van der Waals surface area contributed by atoms with Crippen LogP contribution in [0.25, 0.3) is 11.4 Å². The summed E-state index contributed by atoms with van der Waals surface area (Å²) in [6, 6.07) is 4.90. The van der Waals surface area contributed by atoms with E-state index in [2.05, 4.69) is 15.4 Å². The number of urea groups is 1. The molecule has 1 aliphatic heterocycles. The van der Waals surface area contributed by atoms with Crippen molar-refractivity contribution in [2.75, 3.05) is 18.0 Å². The molecule has 0 radical (unpaired) electrons. The maximum atomic E-state index is 12.7. The summed E-state index contributed by atoms with van der Waals surface area (Å²) >= 11 is 0. The van der Waals surface area contributed by atoms with E-state index < -0.39 is 12.7 Å². The number of hydrogen-bond acceptors (Lipinski definition) is 3. The standard InChI is InChI=1S/C15H16F3N5O/c1-9-3-4-11(7-12(9)22-6-5-19-14(22)24)13-20-10(2)21-23(13)8-15(16,17)18/h3-4,7H,5-6,8H2,1-2H3,(H,19,24). The van der Waals surface area contributed by atoms with Gasteiger partial charge < -0.3 is 5.32 Å². The van der Waals surface area contributed by atoms with Crippen molar-refractivity contribution in [3.63, 3.8) is 0 Å². The molecule has 1 N–H and O–H groups in total. The van der Waals surface area contributed by atoms with Crippen molar-refractivity contribution in [3.8, 4) is 11.4 Å². The van der Waals surface area contributed by atoms with Crippen LogP contribution in [0.4, 0.5) is 23.7 Å². The molecule has 0 bridgehead atoms. The van der Waals surface area contributed by atoms with Crippen LogP contribution >= 0.6 is 0 Å². The van der Waals surface area contributed by atoms with Gasteiger partial charge >= 0.3 is 12.2 Å². The molecule has 1 aromatic heterocycles. The Bertz CT molecular complexity index is 784. The molecule has 1 fully saturated rings. The lowest BCUT2D eigenvalue weighted by atomic mass is 10.1. The van der Waals surface area contributed by atoms with E-state index in [1.54, 1.807) is 30.0 Å². The fourth-order valence-electron chi connectivity index (χ4n) is 2.69. The number of halogens is 3. The minimum Gasteiger partial charge on any atom is -0.336 e. The summed E-state index contributed by atoms with van der Waals surface area (Å²) in [6.45, 7) is 3.22. The molecular formula is C15H16F3N5O. The summed E-state index contributed by atoms with van der Waals surface area (Å²) < 4.78 is 39.1. The van der Waals surface area contributed by atoms with Crippen molar-refractivity contribution in [3.05, 3.63) is 29.6 Å². The summed E-state index contributed by atoms with van der Waals surface area (Å²) in [7, 11) is 0. The molecule has 2 amide bonds. The van der Waals surface area contributed by atoms with Crippen molar-refractivity contribution in [2.24, 2.45) is 0 Å². The molecule has 0 saturated carbocycles. The quantitative estimate of drug-likeness (QED) is 0.935. The van der Waals surface area contributed by atoms with Crippen molar-refractivity contribution < 1.29 is 18.0 Å². The van der Waals surface area contributed by atoms with E-state index in [0.717, 1.165) is 10.2 Å². The van der Waals surface area contributed by atoms with E-state index in [0.29, 0.717) is 24.3 Å². The van der Waals surface area contributed by atoms with Gasteiger partial charge in [-0.25, -0.2) is 14.5 Å². The van der Waals surface area contributed by atoms with Crippen LogP contribution in [0.2, 0.25) is 0 Å². The van der Waals surface area contributed by atoms with Gasteiger partial charge in [-0.05, 0) is 25.5 Å². The average molecular weight is 339 g/mol. The van der Waals surface area contributed by atoms with Crippen LogP contribution in [0.3, 0.4) is 0 Å². The normalized spacial score (nSPS) is 15.0. The van der Waals surface area contributed by atoms with Gasteiger partial charge in [0, 0.05) is 24.3 Å². The molecule has 0 spiro atoms. The molecule has 128 valence electrons. The number of alkyl halides is 3. The number of rotatable bonds is 3. The van der Waals surface area contributed by atoms with Crippen LogP contribution in [-0.4, -0.2) is 40.1 Å². The van der Waals surface area contributed by atoms with E-state index in [1.807, 2.05) is 6.92 Å². The zero-order chi connectivity index (χ0) is 17.5. The Morgan fingerprint density at radius 2 is 2.04 bits per heavy atom. The maximum Gasteiger partial charge on any atom is 0.408 e. The smallest absolute Gasteiger partial charge is 0.336 e. The second kappa shape index (κ2) is 5.81. The first-order valence-corrected chi connectivity index (χ1v) is 7.39. The van der Waals surface area contributed by atoms with Crippen molar-refractivity contribution in [2.45, 2.75) is 26.6 Å². The minimum absolute atomic E-state index is 0.130. The number of aryl methyl sites for hydroxylation is 2. The van der Waals surface area contributed by atoms with Gasteiger partial charge in [0.15, 0.2) is 5.82 Å². The van der Waals surface area contributed by atoms with Crippen LogP contribution in [-0.2, 0) is 6.54 Å². The molecule has 24 heavy (non-hydrogen) atoms. The fourth-order valence-corrected chi connectivity index (χ4v) is 2.69. The van der Waals surface area contributed by atoms with E-state index >= 15 is 0 Å². The molecule has 1 aliphatic rings. The summed E-state index contributed by atoms with van der Waals surface area (Å²) in [5.74, 6) is 0.390. The number of amides is 2. The SMILES string of the molecule is Cc1nc(-c2ccc(C)c(N3CCNC3=O)c2)n(CC(F)(F)F)n1. The molecule has 0 aliphatic carbocycles. The molecule has 1 aromatic carbocycles. The highest BCUT2D eigenvalue weighted by atomic mass is 19.4. The Morgan fingerprint density at radius 1 is 1.29 bits per heavy atom. The molecular weight excluding hydrogens is 323 g/mol. The number of nitrogens with one attached hydrogen (secondary N) is 1. The lowest BCUT2D eigenvalue weighted by Gasteiger charge is -2.18. The highest BCUT2D eigenvalue weighted by Gasteiger charge is 2.31. The van der Waals surface area contributed by atoms with E-state index in [9.17, 15) is 18.0 Å². The van der Waals surface area contributed by atoms with Crippen molar-refractivity contribution in [1.29, 1.82) is 0 Å². The molecule has 2 heterocycles. The number of hydrogen-bond donors (Lipinski definition) is 1. The molecule has 0 unspecified atom stereocenters. The van der Waals surface area contributed by atoms with E-state index in [-0.39, 0.29) is 17.7 Å². The zero-order valence-corrected chi connectivity index (χ0v) is 13.2. The third-order valence-electron chi connectivity index (χ3n) is 3.72. The zero-order valence-electron chi connectivity index (χ0n) is 13.2. The number of carbonyl (C=O) groups excluding carboxylic acids is 1. The second-order valence-corrected chi connectivity index (χ2v) is 5.64. The predicted octanol–water partition coefficient (Wildman–Crippen LogP) is 2.65. The Balaban J connectivity index is 2.03.